The van der Waals surface area contributed by atoms with Gasteiger partial charge in [-0.05, 0) is 12.1 Å². The van der Waals surface area contributed by atoms with Crippen molar-refractivity contribution in [3.8, 4) is 11.5 Å². The van der Waals surface area contributed by atoms with Crippen molar-refractivity contribution in [2.75, 3.05) is 19.2 Å². The molecular weight excluding hydrogens is 197 g/mol. The largest absolute Gasteiger partial charge is 0.454 e. The minimum atomic E-state index is -0.332. The van der Waals surface area contributed by atoms with Crippen molar-refractivity contribution in [1.29, 1.82) is 0 Å². The van der Waals surface area contributed by atoms with E-state index in [1.54, 1.807) is 13.1 Å². The zero-order valence-electron chi connectivity index (χ0n) is 6.96. The molecular formula is C8H9ClFNO2. The first-order valence-electron chi connectivity index (χ1n) is 3.59. The molecule has 0 bridgehead atoms. The van der Waals surface area contributed by atoms with Gasteiger partial charge in [0, 0.05) is 7.05 Å². The number of anilines is 1. The Bertz CT molecular complexity index is 319. The lowest BCUT2D eigenvalue weighted by Crippen LogP contribution is -1.96. The molecule has 13 heavy (non-hydrogen) atoms. The smallest absolute Gasteiger partial charge is 0.231 e. The van der Waals surface area contributed by atoms with Crippen LogP contribution in [0.2, 0.25) is 0 Å². The lowest BCUT2D eigenvalue weighted by atomic mass is 10.2. The fraction of sp³-hybridized carbons (Fsp3) is 0.250. The number of fused-ring (bicyclic) bond motifs is 1. The normalized spacial score (nSPS) is 12.2. The van der Waals surface area contributed by atoms with Crippen LogP contribution in [0, 0.1) is 5.82 Å². The number of hydrogen-bond acceptors (Lipinski definition) is 3. The highest BCUT2D eigenvalue weighted by atomic mass is 35.5. The van der Waals surface area contributed by atoms with Crippen LogP contribution in [0.1, 0.15) is 0 Å². The zero-order valence-corrected chi connectivity index (χ0v) is 7.78. The SMILES string of the molecule is CNc1c(F)ccc2c1OCO2.Cl. The van der Waals surface area contributed by atoms with Crippen LogP contribution in [0.25, 0.3) is 0 Å². The molecule has 0 amide bonds. The van der Waals surface area contributed by atoms with E-state index in [0.717, 1.165) is 0 Å². The lowest BCUT2D eigenvalue weighted by Gasteiger charge is -2.04. The van der Waals surface area contributed by atoms with Crippen LogP contribution in [0.4, 0.5) is 10.1 Å². The summed E-state index contributed by atoms with van der Waals surface area (Å²) in [4.78, 5) is 0. The molecule has 0 spiro atoms. The van der Waals surface area contributed by atoms with Gasteiger partial charge in [0.2, 0.25) is 6.79 Å². The van der Waals surface area contributed by atoms with E-state index in [4.69, 9.17) is 9.47 Å². The molecule has 0 saturated carbocycles. The maximum Gasteiger partial charge on any atom is 0.231 e. The first-order valence-corrected chi connectivity index (χ1v) is 3.59. The number of benzene rings is 1. The first-order chi connectivity index (χ1) is 5.83. The highest BCUT2D eigenvalue weighted by Gasteiger charge is 2.19. The Kier molecular flexibility index (Phi) is 2.83. The van der Waals surface area contributed by atoms with Crippen molar-refractivity contribution in [2.24, 2.45) is 0 Å². The van der Waals surface area contributed by atoms with Crippen LogP contribution in [-0.2, 0) is 0 Å². The van der Waals surface area contributed by atoms with Gasteiger partial charge in [0.1, 0.15) is 11.5 Å². The van der Waals surface area contributed by atoms with Crippen molar-refractivity contribution in [3.05, 3.63) is 17.9 Å². The second-order valence-corrected chi connectivity index (χ2v) is 2.41. The molecule has 2 rings (SSSR count). The Morgan fingerprint density at radius 1 is 1.38 bits per heavy atom. The molecule has 1 aromatic carbocycles. The molecule has 0 saturated heterocycles. The molecule has 1 aromatic rings. The number of hydrogen-bond donors (Lipinski definition) is 1. The summed E-state index contributed by atoms with van der Waals surface area (Å²) < 4.78 is 23.2. The Labute approximate surface area is 81.3 Å². The minimum absolute atomic E-state index is 0. The summed E-state index contributed by atoms with van der Waals surface area (Å²) in [6.45, 7) is 0.160. The van der Waals surface area contributed by atoms with Crippen LogP contribution in [0.5, 0.6) is 11.5 Å². The second-order valence-electron chi connectivity index (χ2n) is 2.41. The van der Waals surface area contributed by atoms with Crippen molar-refractivity contribution in [1.82, 2.24) is 0 Å². The van der Waals surface area contributed by atoms with Crippen molar-refractivity contribution < 1.29 is 13.9 Å². The summed E-state index contributed by atoms with van der Waals surface area (Å²) >= 11 is 0. The van der Waals surface area contributed by atoms with Gasteiger partial charge in [-0.15, -0.1) is 12.4 Å². The third-order valence-corrected chi connectivity index (χ3v) is 1.74. The maximum absolute atomic E-state index is 13.0. The van der Waals surface area contributed by atoms with Gasteiger partial charge in [-0.25, -0.2) is 4.39 Å². The Morgan fingerprint density at radius 2 is 2.15 bits per heavy atom. The molecule has 0 aliphatic carbocycles. The lowest BCUT2D eigenvalue weighted by molar-refractivity contribution is 0.174. The van der Waals surface area contributed by atoms with E-state index in [0.29, 0.717) is 17.2 Å². The van der Waals surface area contributed by atoms with Crippen molar-refractivity contribution in [3.63, 3.8) is 0 Å². The molecule has 1 heterocycles. The number of ether oxygens (including phenoxy) is 2. The van der Waals surface area contributed by atoms with E-state index in [1.807, 2.05) is 0 Å². The Balaban J connectivity index is 0.000000845. The van der Waals surface area contributed by atoms with Crippen LogP contribution in [-0.4, -0.2) is 13.8 Å². The Morgan fingerprint density at radius 3 is 2.85 bits per heavy atom. The summed E-state index contributed by atoms with van der Waals surface area (Å²) in [5.41, 5.74) is 0.352. The predicted molar refractivity (Wildman–Crippen MR) is 49.3 cm³/mol. The third kappa shape index (κ3) is 1.49. The third-order valence-electron chi connectivity index (χ3n) is 1.74. The first kappa shape index (κ1) is 9.92. The maximum atomic E-state index is 13.0. The van der Waals surface area contributed by atoms with Crippen LogP contribution < -0.4 is 14.8 Å². The van der Waals surface area contributed by atoms with Gasteiger partial charge in [-0.3, -0.25) is 0 Å². The molecule has 0 fully saturated rings. The topological polar surface area (TPSA) is 30.5 Å². The summed E-state index contributed by atoms with van der Waals surface area (Å²) in [7, 11) is 1.64. The molecule has 0 aromatic heterocycles. The molecule has 0 radical (unpaired) electrons. The fourth-order valence-electron chi connectivity index (χ4n) is 1.18. The number of rotatable bonds is 1. The standard InChI is InChI=1S/C8H8FNO2.ClH/c1-10-7-5(9)2-3-6-8(7)12-4-11-6;/h2-3,10H,4H2,1H3;1H. The number of nitrogens with one attached hydrogen (secondary N) is 1. The summed E-state index contributed by atoms with van der Waals surface area (Å²) in [5, 5.41) is 2.72. The fourth-order valence-corrected chi connectivity index (χ4v) is 1.18. The van der Waals surface area contributed by atoms with Crippen molar-refractivity contribution >= 4 is 18.1 Å². The van der Waals surface area contributed by atoms with Gasteiger partial charge in [0.15, 0.2) is 11.5 Å². The average molecular weight is 206 g/mol. The quantitative estimate of drug-likeness (QED) is 0.761. The summed E-state index contributed by atoms with van der Waals surface area (Å²) in [5.74, 6) is 0.708. The van der Waals surface area contributed by atoms with Gasteiger partial charge < -0.3 is 14.8 Å². The molecule has 0 atom stereocenters. The van der Waals surface area contributed by atoms with Gasteiger partial charge in [-0.1, -0.05) is 0 Å². The van der Waals surface area contributed by atoms with E-state index in [1.165, 1.54) is 6.07 Å². The molecule has 3 nitrogen and oxygen atoms in total. The summed E-state index contributed by atoms with van der Waals surface area (Å²) in [6.07, 6.45) is 0. The minimum Gasteiger partial charge on any atom is -0.454 e. The van der Waals surface area contributed by atoms with E-state index >= 15 is 0 Å². The van der Waals surface area contributed by atoms with Crippen LogP contribution >= 0.6 is 12.4 Å². The molecule has 1 aliphatic heterocycles. The highest BCUT2D eigenvalue weighted by Crippen LogP contribution is 2.40. The van der Waals surface area contributed by atoms with E-state index in [9.17, 15) is 4.39 Å². The van der Waals surface area contributed by atoms with E-state index in [2.05, 4.69) is 5.32 Å². The van der Waals surface area contributed by atoms with E-state index in [-0.39, 0.29) is 25.0 Å². The van der Waals surface area contributed by atoms with E-state index < -0.39 is 0 Å². The molecule has 5 heteroatoms. The number of halogens is 2. The average Bonchev–Trinajstić information content (AvgIpc) is 2.52. The zero-order chi connectivity index (χ0) is 8.55. The highest BCUT2D eigenvalue weighted by molar-refractivity contribution is 5.85. The van der Waals surface area contributed by atoms with Gasteiger partial charge in [-0.2, -0.15) is 0 Å². The van der Waals surface area contributed by atoms with Gasteiger partial charge in [0.25, 0.3) is 0 Å². The van der Waals surface area contributed by atoms with Crippen LogP contribution in [0.15, 0.2) is 12.1 Å². The van der Waals surface area contributed by atoms with Crippen LogP contribution in [0.3, 0.4) is 0 Å². The predicted octanol–water partition coefficient (Wildman–Crippen LogP) is 2.02. The van der Waals surface area contributed by atoms with Gasteiger partial charge in [0.05, 0.1) is 0 Å². The second kappa shape index (κ2) is 3.70. The molecule has 72 valence electrons. The molecule has 1 N–H and O–H groups in total. The molecule has 0 unspecified atom stereocenters. The van der Waals surface area contributed by atoms with Gasteiger partial charge >= 0.3 is 0 Å². The monoisotopic (exact) mass is 205 g/mol. The summed E-state index contributed by atoms with van der Waals surface area (Å²) in [6, 6.07) is 2.90. The van der Waals surface area contributed by atoms with Crippen molar-refractivity contribution in [2.45, 2.75) is 0 Å². The Hall–Kier alpha value is -1.16. The molecule has 1 aliphatic rings.